The first-order valence-corrected chi connectivity index (χ1v) is 13.3. The van der Waals surface area contributed by atoms with Crippen molar-refractivity contribution in [1.82, 2.24) is 25.0 Å². The van der Waals surface area contributed by atoms with E-state index in [1.165, 1.54) is 4.90 Å². The molecule has 4 amide bonds. The summed E-state index contributed by atoms with van der Waals surface area (Å²) in [4.78, 5) is 61.2. The highest BCUT2D eigenvalue weighted by molar-refractivity contribution is 6.07. The molecular formula is C30H29N5O4. The second-order valence-electron chi connectivity index (χ2n) is 10.1. The van der Waals surface area contributed by atoms with E-state index in [9.17, 15) is 19.2 Å². The van der Waals surface area contributed by atoms with Crippen LogP contribution in [0.25, 0.3) is 0 Å². The van der Waals surface area contributed by atoms with Gasteiger partial charge in [-0.1, -0.05) is 42.5 Å². The Morgan fingerprint density at radius 2 is 1.67 bits per heavy atom. The van der Waals surface area contributed by atoms with Crippen molar-refractivity contribution in [2.45, 2.75) is 31.5 Å². The van der Waals surface area contributed by atoms with Gasteiger partial charge in [0, 0.05) is 56.5 Å². The number of benzene rings is 2. The minimum absolute atomic E-state index is 0.00896. The van der Waals surface area contributed by atoms with Crippen LogP contribution in [0.3, 0.4) is 0 Å². The molecular weight excluding hydrogens is 494 g/mol. The highest BCUT2D eigenvalue weighted by atomic mass is 16.2. The Hall–Kier alpha value is -4.37. The largest absolute Gasteiger partial charge is 0.336 e. The number of aromatic nitrogens is 1. The highest BCUT2D eigenvalue weighted by Gasteiger charge is 2.41. The van der Waals surface area contributed by atoms with Crippen molar-refractivity contribution in [3.8, 4) is 0 Å². The Labute approximate surface area is 226 Å². The van der Waals surface area contributed by atoms with Gasteiger partial charge in [0.15, 0.2) is 0 Å². The average molecular weight is 524 g/mol. The zero-order chi connectivity index (χ0) is 26.9. The lowest BCUT2D eigenvalue weighted by atomic mass is 9.99. The summed E-state index contributed by atoms with van der Waals surface area (Å²) in [5.41, 5.74) is 3.72. The van der Waals surface area contributed by atoms with E-state index in [-0.39, 0.29) is 43.1 Å². The first-order valence-electron chi connectivity index (χ1n) is 13.3. The van der Waals surface area contributed by atoms with Crippen LogP contribution < -0.4 is 5.32 Å². The van der Waals surface area contributed by atoms with Gasteiger partial charge in [-0.3, -0.25) is 34.4 Å². The van der Waals surface area contributed by atoms with Crippen LogP contribution in [0.2, 0.25) is 0 Å². The van der Waals surface area contributed by atoms with Crippen LogP contribution in [0.1, 0.15) is 56.4 Å². The van der Waals surface area contributed by atoms with Gasteiger partial charge in [-0.2, -0.15) is 0 Å². The molecule has 3 aromatic rings. The SMILES string of the molecule is O=C1CCC(N2Cc3c(C(=O)N4CCN(C(c5ccccc5)c5ccccn5)CC4)cccc3C2=O)C(=O)N1. The molecule has 9 nitrogen and oxygen atoms in total. The number of nitrogens with one attached hydrogen (secondary N) is 1. The molecule has 1 N–H and O–H groups in total. The molecule has 0 radical (unpaired) electrons. The molecule has 0 aliphatic carbocycles. The summed E-state index contributed by atoms with van der Waals surface area (Å²) in [6.45, 7) is 2.63. The number of pyridine rings is 1. The molecule has 4 heterocycles. The molecule has 2 unspecified atom stereocenters. The fraction of sp³-hybridized carbons (Fsp3) is 0.300. The first-order chi connectivity index (χ1) is 19.0. The van der Waals surface area contributed by atoms with Crippen LogP contribution in [0.4, 0.5) is 0 Å². The lowest BCUT2D eigenvalue weighted by Gasteiger charge is -2.39. The van der Waals surface area contributed by atoms with E-state index >= 15 is 0 Å². The number of rotatable bonds is 5. The van der Waals surface area contributed by atoms with Crippen molar-refractivity contribution in [3.63, 3.8) is 0 Å². The second kappa shape index (κ2) is 10.4. The van der Waals surface area contributed by atoms with E-state index in [4.69, 9.17) is 0 Å². The summed E-state index contributed by atoms with van der Waals surface area (Å²) in [7, 11) is 0. The molecule has 198 valence electrons. The van der Waals surface area contributed by atoms with Crippen LogP contribution in [0, 0.1) is 0 Å². The smallest absolute Gasteiger partial charge is 0.255 e. The molecule has 2 saturated heterocycles. The first kappa shape index (κ1) is 24.9. The second-order valence-corrected chi connectivity index (χ2v) is 10.1. The van der Waals surface area contributed by atoms with Crippen LogP contribution in [-0.4, -0.2) is 75.5 Å². The Morgan fingerprint density at radius 1 is 0.897 bits per heavy atom. The molecule has 0 bridgehead atoms. The Morgan fingerprint density at radius 3 is 2.38 bits per heavy atom. The fourth-order valence-electron chi connectivity index (χ4n) is 5.88. The molecule has 2 aromatic carbocycles. The van der Waals surface area contributed by atoms with Crippen LogP contribution >= 0.6 is 0 Å². The average Bonchev–Trinajstić information content (AvgIpc) is 3.30. The van der Waals surface area contributed by atoms with Gasteiger partial charge in [0.2, 0.25) is 11.8 Å². The standard InChI is InChI=1S/C30H29N5O4/c36-26-13-12-25(28(37)32-26)35-19-23-21(9-6-10-22(23)30(35)39)29(38)34-17-15-33(16-18-34)27(20-7-2-1-3-8-20)24-11-4-5-14-31-24/h1-11,14,25,27H,12-13,15-19H2,(H,32,36,37). The fourth-order valence-corrected chi connectivity index (χ4v) is 5.88. The Balaban J connectivity index is 1.19. The van der Waals surface area contributed by atoms with Gasteiger partial charge < -0.3 is 9.80 Å². The topological polar surface area (TPSA) is 103 Å². The van der Waals surface area contributed by atoms with E-state index in [1.807, 2.05) is 41.3 Å². The molecule has 6 rings (SSSR count). The molecule has 9 heteroatoms. The zero-order valence-corrected chi connectivity index (χ0v) is 21.5. The van der Waals surface area contributed by atoms with Gasteiger partial charge >= 0.3 is 0 Å². The van der Waals surface area contributed by atoms with Gasteiger partial charge in [0.1, 0.15) is 6.04 Å². The number of piperidine rings is 1. The van der Waals surface area contributed by atoms with E-state index in [0.29, 0.717) is 42.9 Å². The highest BCUT2D eigenvalue weighted by Crippen LogP contribution is 2.32. The summed E-state index contributed by atoms with van der Waals surface area (Å²) in [5, 5.41) is 2.32. The Bertz CT molecular complexity index is 1380. The summed E-state index contributed by atoms with van der Waals surface area (Å²) >= 11 is 0. The van der Waals surface area contributed by atoms with E-state index in [2.05, 4.69) is 27.3 Å². The van der Waals surface area contributed by atoms with E-state index < -0.39 is 11.9 Å². The molecule has 0 saturated carbocycles. The number of fused-ring (bicyclic) bond motifs is 1. The maximum absolute atomic E-state index is 13.7. The van der Waals surface area contributed by atoms with Crippen LogP contribution in [0.5, 0.6) is 0 Å². The quantitative estimate of drug-likeness (QED) is 0.516. The van der Waals surface area contributed by atoms with Crippen molar-refractivity contribution in [2.24, 2.45) is 0 Å². The lowest BCUT2D eigenvalue weighted by Crippen LogP contribution is -2.52. The molecule has 3 aliphatic rings. The molecule has 39 heavy (non-hydrogen) atoms. The van der Waals surface area contributed by atoms with E-state index in [1.54, 1.807) is 24.4 Å². The maximum atomic E-state index is 13.7. The number of carbonyl (C=O) groups is 4. The number of nitrogens with zero attached hydrogens (tertiary/aromatic N) is 4. The molecule has 2 fully saturated rings. The number of carbonyl (C=O) groups excluding carboxylic acids is 4. The van der Waals surface area contributed by atoms with Gasteiger partial charge in [0.25, 0.3) is 11.8 Å². The van der Waals surface area contributed by atoms with Gasteiger partial charge in [-0.05, 0) is 41.8 Å². The summed E-state index contributed by atoms with van der Waals surface area (Å²) in [6, 6.07) is 20.7. The molecule has 2 atom stereocenters. The molecule has 0 spiro atoms. The number of imide groups is 1. The third kappa shape index (κ3) is 4.70. The predicted molar refractivity (Wildman–Crippen MR) is 142 cm³/mol. The van der Waals surface area contributed by atoms with Crippen molar-refractivity contribution >= 4 is 23.6 Å². The number of hydrogen-bond donors (Lipinski definition) is 1. The maximum Gasteiger partial charge on any atom is 0.255 e. The van der Waals surface area contributed by atoms with Crippen molar-refractivity contribution in [2.75, 3.05) is 26.2 Å². The minimum Gasteiger partial charge on any atom is -0.336 e. The number of hydrogen-bond acceptors (Lipinski definition) is 6. The van der Waals surface area contributed by atoms with Gasteiger partial charge in [-0.15, -0.1) is 0 Å². The zero-order valence-electron chi connectivity index (χ0n) is 21.5. The lowest BCUT2D eigenvalue weighted by molar-refractivity contribution is -0.136. The summed E-state index contributed by atoms with van der Waals surface area (Å²) in [5.74, 6) is -1.18. The number of piperazine rings is 1. The summed E-state index contributed by atoms with van der Waals surface area (Å²) in [6.07, 6.45) is 2.28. The van der Waals surface area contributed by atoms with Crippen molar-refractivity contribution in [3.05, 3.63) is 101 Å². The normalized spacial score (nSPS) is 20.5. The minimum atomic E-state index is -0.712. The van der Waals surface area contributed by atoms with Crippen molar-refractivity contribution < 1.29 is 19.2 Å². The predicted octanol–water partition coefficient (Wildman–Crippen LogP) is 2.39. The van der Waals surface area contributed by atoms with Crippen molar-refractivity contribution in [1.29, 1.82) is 0 Å². The third-order valence-electron chi connectivity index (χ3n) is 7.86. The van der Waals surface area contributed by atoms with Gasteiger partial charge in [-0.25, -0.2) is 0 Å². The summed E-state index contributed by atoms with van der Waals surface area (Å²) < 4.78 is 0. The third-order valence-corrected chi connectivity index (χ3v) is 7.86. The monoisotopic (exact) mass is 523 g/mol. The van der Waals surface area contributed by atoms with Crippen LogP contribution in [0.15, 0.2) is 72.9 Å². The number of amides is 4. The van der Waals surface area contributed by atoms with E-state index in [0.717, 1.165) is 11.3 Å². The Kier molecular flexibility index (Phi) is 6.66. The molecule has 3 aliphatic heterocycles. The van der Waals surface area contributed by atoms with Gasteiger partial charge in [0.05, 0.1) is 11.7 Å². The molecule has 1 aromatic heterocycles. The van der Waals surface area contributed by atoms with Crippen LogP contribution in [-0.2, 0) is 16.1 Å².